The van der Waals surface area contributed by atoms with Crippen molar-refractivity contribution < 1.29 is 9.18 Å². The maximum absolute atomic E-state index is 13.2. The summed E-state index contributed by atoms with van der Waals surface area (Å²) in [6.07, 6.45) is 4.55. The molecule has 2 heterocycles. The maximum atomic E-state index is 13.2. The van der Waals surface area contributed by atoms with Crippen LogP contribution in [0.3, 0.4) is 0 Å². The van der Waals surface area contributed by atoms with Crippen molar-refractivity contribution in [1.82, 2.24) is 19.2 Å². The van der Waals surface area contributed by atoms with Crippen molar-refractivity contribution in [2.24, 2.45) is 0 Å². The number of nitrogens with one attached hydrogen (secondary N) is 1. The van der Waals surface area contributed by atoms with Crippen molar-refractivity contribution in [1.29, 1.82) is 0 Å². The summed E-state index contributed by atoms with van der Waals surface area (Å²) in [5, 5.41) is 11.3. The Balaban J connectivity index is 1.44. The maximum Gasteiger partial charge on any atom is 0.300 e. The predicted octanol–water partition coefficient (Wildman–Crippen LogP) is 3.63. The quantitative estimate of drug-likeness (QED) is 0.511. The predicted molar refractivity (Wildman–Crippen MR) is 112 cm³/mol. The Morgan fingerprint density at radius 3 is 2.67 bits per heavy atom. The third-order valence-corrected chi connectivity index (χ3v) is 4.81. The van der Waals surface area contributed by atoms with Crippen LogP contribution < -0.4 is 10.9 Å². The number of halogens is 2. The van der Waals surface area contributed by atoms with Crippen LogP contribution in [0, 0.1) is 5.82 Å². The number of carbonyl (C=O) groups excluding carboxylic acids is 1. The van der Waals surface area contributed by atoms with Gasteiger partial charge in [0.05, 0.1) is 0 Å². The zero-order valence-electron chi connectivity index (χ0n) is 15.8. The molecule has 0 aliphatic rings. The number of aromatic nitrogens is 4. The normalized spacial score (nSPS) is 11.0. The van der Waals surface area contributed by atoms with Crippen LogP contribution >= 0.6 is 11.6 Å². The topological polar surface area (TPSA) is 81.3 Å². The minimum absolute atomic E-state index is 0.201. The molecule has 4 rings (SSSR count). The molecule has 9 heteroatoms. The van der Waals surface area contributed by atoms with Gasteiger partial charge in [-0.2, -0.15) is 0 Å². The second kappa shape index (κ2) is 8.46. The molecule has 2 aromatic heterocycles. The van der Waals surface area contributed by atoms with Gasteiger partial charge in [-0.3, -0.25) is 18.6 Å². The Hall–Kier alpha value is -3.52. The van der Waals surface area contributed by atoms with Crippen LogP contribution in [0.4, 0.5) is 10.1 Å². The number of hydrogen-bond acceptors (Lipinski definition) is 4. The fourth-order valence-corrected chi connectivity index (χ4v) is 3.23. The number of carbonyl (C=O) groups is 1. The van der Waals surface area contributed by atoms with Crippen molar-refractivity contribution in [2.75, 3.05) is 5.32 Å². The molecule has 0 unspecified atom stereocenters. The summed E-state index contributed by atoms with van der Waals surface area (Å²) in [7, 11) is 0. The monoisotopic (exact) mass is 425 g/mol. The lowest BCUT2D eigenvalue weighted by atomic mass is 10.2. The summed E-state index contributed by atoms with van der Waals surface area (Å²) >= 11 is 5.90. The van der Waals surface area contributed by atoms with E-state index in [4.69, 9.17) is 11.6 Å². The molecule has 0 bridgehead atoms. The van der Waals surface area contributed by atoms with E-state index in [1.54, 1.807) is 47.1 Å². The van der Waals surface area contributed by atoms with E-state index in [9.17, 15) is 14.0 Å². The van der Waals surface area contributed by atoms with Gasteiger partial charge in [0.25, 0.3) is 0 Å². The minimum Gasteiger partial charge on any atom is -0.326 e. The summed E-state index contributed by atoms with van der Waals surface area (Å²) < 4.78 is 16.3. The number of hydrogen-bond donors (Lipinski definition) is 1. The van der Waals surface area contributed by atoms with Crippen molar-refractivity contribution in [3.8, 4) is 5.69 Å². The van der Waals surface area contributed by atoms with Gasteiger partial charge in [-0.25, -0.2) is 4.39 Å². The summed E-state index contributed by atoms with van der Waals surface area (Å²) in [5.74, 6) is -0.0459. The van der Waals surface area contributed by atoms with E-state index in [1.165, 1.54) is 22.8 Å². The number of fused-ring (bicyclic) bond motifs is 1. The van der Waals surface area contributed by atoms with Gasteiger partial charge in [0.15, 0.2) is 0 Å². The molecule has 0 aliphatic heterocycles. The molecule has 1 N–H and O–H groups in total. The second-order valence-corrected chi connectivity index (χ2v) is 7.11. The zero-order chi connectivity index (χ0) is 21.1. The fourth-order valence-electron chi connectivity index (χ4n) is 3.11. The molecule has 1 amide bonds. The van der Waals surface area contributed by atoms with Crippen LogP contribution in [-0.4, -0.2) is 25.1 Å². The molecule has 152 valence electrons. The SMILES string of the molecule is O=C(CCCc1nnc2c(=O)n(-c3ccc(Cl)cc3)ccn12)Nc1cccc(F)c1. The lowest BCUT2D eigenvalue weighted by Gasteiger charge is -2.07. The van der Waals surface area contributed by atoms with E-state index in [-0.39, 0.29) is 23.5 Å². The van der Waals surface area contributed by atoms with Gasteiger partial charge in [-0.15, -0.1) is 10.2 Å². The first-order valence-electron chi connectivity index (χ1n) is 9.28. The van der Waals surface area contributed by atoms with E-state index in [1.807, 2.05) is 0 Å². The van der Waals surface area contributed by atoms with Crippen molar-refractivity contribution >= 4 is 28.8 Å². The summed E-state index contributed by atoms with van der Waals surface area (Å²) in [6.45, 7) is 0. The van der Waals surface area contributed by atoms with Crippen molar-refractivity contribution in [2.45, 2.75) is 19.3 Å². The van der Waals surface area contributed by atoms with Crippen molar-refractivity contribution in [3.05, 3.63) is 87.9 Å². The molecule has 4 aromatic rings. The first-order chi connectivity index (χ1) is 14.5. The molecule has 0 aliphatic carbocycles. The van der Waals surface area contributed by atoms with Gasteiger partial charge in [0.1, 0.15) is 11.6 Å². The number of benzene rings is 2. The lowest BCUT2D eigenvalue weighted by molar-refractivity contribution is -0.116. The Bertz CT molecular complexity index is 1270. The van der Waals surface area contributed by atoms with Crippen LogP contribution in [-0.2, 0) is 11.2 Å². The number of rotatable bonds is 6. The Morgan fingerprint density at radius 2 is 1.90 bits per heavy atom. The number of aryl methyl sites for hydroxylation is 1. The molecule has 0 saturated carbocycles. The molecule has 0 spiro atoms. The molecule has 2 aromatic carbocycles. The highest BCUT2D eigenvalue weighted by Crippen LogP contribution is 2.13. The highest BCUT2D eigenvalue weighted by atomic mass is 35.5. The van der Waals surface area contributed by atoms with Crippen LogP contribution in [0.2, 0.25) is 5.02 Å². The molecule has 0 saturated heterocycles. The smallest absolute Gasteiger partial charge is 0.300 e. The average Bonchev–Trinajstić information content (AvgIpc) is 3.13. The average molecular weight is 426 g/mol. The minimum atomic E-state index is -0.410. The highest BCUT2D eigenvalue weighted by molar-refractivity contribution is 6.30. The molecular weight excluding hydrogens is 409 g/mol. The standard InChI is InChI=1S/C21H17ClFN5O2/c22-14-7-9-17(10-8-14)27-11-12-28-18(25-26-20(28)21(27)30)5-2-6-19(29)24-16-4-1-3-15(23)13-16/h1,3-4,7-13H,2,5-6H2,(H,24,29). The van der Waals surface area contributed by atoms with Gasteiger partial charge in [-0.05, 0) is 48.9 Å². The van der Waals surface area contributed by atoms with Crippen LogP contribution in [0.25, 0.3) is 11.3 Å². The van der Waals surface area contributed by atoms with Crippen molar-refractivity contribution in [3.63, 3.8) is 0 Å². The van der Waals surface area contributed by atoms with Crippen LogP contribution in [0.1, 0.15) is 18.7 Å². The van der Waals surface area contributed by atoms with Crippen LogP contribution in [0.5, 0.6) is 0 Å². The van der Waals surface area contributed by atoms with Gasteiger partial charge < -0.3 is 5.32 Å². The lowest BCUT2D eigenvalue weighted by Crippen LogP contribution is -2.20. The first-order valence-corrected chi connectivity index (χ1v) is 9.66. The Kier molecular flexibility index (Phi) is 5.58. The largest absolute Gasteiger partial charge is 0.326 e. The van der Waals surface area contributed by atoms with Crippen LogP contribution in [0.15, 0.2) is 65.7 Å². The third kappa shape index (κ3) is 4.23. The number of amides is 1. The Morgan fingerprint density at radius 1 is 1.10 bits per heavy atom. The molecule has 0 radical (unpaired) electrons. The third-order valence-electron chi connectivity index (χ3n) is 4.56. The fraction of sp³-hybridized carbons (Fsp3) is 0.143. The van der Waals surface area contributed by atoms with E-state index < -0.39 is 5.82 Å². The number of nitrogens with zero attached hydrogens (tertiary/aromatic N) is 4. The van der Waals surface area contributed by atoms with Gasteiger partial charge >= 0.3 is 5.56 Å². The second-order valence-electron chi connectivity index (χ2n) is 6.67. The first kappa shape index (κ1) is 19.8. The highest BCUT2D eigenvalue weighted by Gasteiger charge is 2.12. The van der Waals surface area contributed by atoms with E-state index in [0.717, 1.165) is 0 Å². The summed E-state index contributed by atoms with van der Waals surface area (Å²) in [5.41, 5.74) is 0.982. The van der Waals surface area contributed by atoms with E-state index >= 15 is 0 Å². The van der Waals surface area contributed by atoms with Gasteiger partial charge in [0, 0.05) is 41.6 Å². The molecule has 0 atom stereocenters. The number of anilines is 1. The molecular formula is C21H17ClFN5O2. The van der Waals surface area contributed by atoms with E-state index in [2.05, 4.69) is 15.5 Å². The van der Waals surface area contributed by atoms with E-state index in [0.29, 0.717) is 35.1 Å². The van der Waals surface area contributed by atoms with Gasteiger partial charge in [0.2, 0.25) is 11.6 Å². The summed E-state index contributed by atoms with van der Waals surface area (Å²) in [6, 6.07) is 12.6. The molecule has 0 fully saturated rings. The zero-order valence-corrected chi connectivity index (χ0v) is 16.5. The van der Waals surface area contributed by atoms with Gasteiger partial charge in [-0.1, -0.05) is 17.7 Å². The summed E-state index contributed by atoms with van der Waals surface area (Å²) in [4.78, 5) is 24.8. The molecule has 30 heavy (non-hydrogen) atoms. The molecule has 7 nitrogen and oxygen atoms in total. The Labute approximate surface area is 175 Å².